The normalized spacial score (nSPS) is 20.9. The Balaban J connectivity index is 1.41. The molecule has 3 aromatic rings. The summed E-state index contributed by atoms with van der Waals surface area (Å²) in [6.45, 7) is 2.50. The van der Waals surface area contributed by atoms with E-state index in [0.717, 1.165) is 35.1 Å². The van der Waals surface area contributed by atoms with Crippen LogP contribution in [0.5, 0.6) is 0 Å². The third kappa shape index (κ3) is 5.03. The van der Waals surface area contributed by atoms with Crippen molar-refractivity contribution in [1.82, 2.24) is 31.0 Å². The lowest BCUT2D eigenvalue weighted by atomic mass is 9.69. The van der Waals surface area contributed by atoms with Crippen LogP contribution in [0.2, 0.25) is 0 Å². The van der Waals surface area contributed by atoms with Gasteiger partial charge in [-0.3, -0.25) is 14.4 Å². The van der Waals surface area contributed by atoms with E-state index in [4.69, 9.17) is 4.42 Å². The van der Waals surface area contributed by atoms with Crippen molar-refractivity contribution in [3.63, 3.8) is 0 Å². The van der Waals surface area contributed by atoms with Crippen molar-refractivity contribution in [2.24, 2.45) is 5.92 Å². The van der Waals surface area contributed by atoms with Crippen LogP contribution in [0.4, 0.5) is 0 Å². The second-order valence-corrected chi connectivity index (χ2v) is 11.8. The Morgan fingerprint density at radius 2 is 1.64 bits per heavy atom. The summed E-state index contributed by atoms with van der Waals surface area (Å²) in [5.74, 6) is 0.975. The van der Waals surface area contributed by atoms with Gasteiger partial charge in [-0.15, -0.1) is 10.2 Å². The smallest absolute Gasteiger partial charge is 0.251 e. The molecular formula is C33H37N7O4. The number of nitriles is 1. The van der Waals surface area contributed by atoms with Gasteiger partial charge in [-0.1, -0.05) is 19.1 Å². The van der Waals surface area contributed by atoms with E-state index >= 15 is 0 Å². The summed E-state index contributed by atoms with van der Waals surface area (Å²) in [6, 6.07) is 13.5. The number of amides is 3. The minimum absolute atomic E-state index is 0.0613. The maximum Gasteiger partial charge on any atom is 0.251 e. The van der Waals surface area contributed by atoms with E-state index in [1.807, 2.05) is 43.3 Å². The van der Waals surface area contributed by atoms with E-state index in [1.54, 1.807) is 19.0 Å². The molecule has 228 valence electrons. The molecule has 3 amide bonds. The number of hydrogen-bond donors (Lipinski definition) is 3. The van der Waals surface area contributed by atoms with Crippen molar-refractivity contribution >= 4 is 17.7 Å². The number of aryl methyl sites for hydroxylation is 3. The SMILES string of the molecule is CCc1nnc(C2(CCNCC(=O)N3C(C#N)C[C@@H]4C[C@@H]43)c3ccc(C(=O)NC)cc3CCc3cc(C(=O)NC)ccc32)o1. The summed E-state index contributed by atoms with van der Waals surface area (Å²) in [5.41, 5.74) is 4.04. The molecule has 11 nitrogen and oxygen atoms in total. The first-order chi connectivity index (χ1) is 21.3. The minimum atomic E-state index is -0.912. The molecular weight excluding hydrogens is 558 g/mol. The van der Waals surface area contributed by atoms with Gasteiger partial charge in [0.2, 0.25) is 17.7 Å². The Morgan fingerprint density at radius 1 is 1.00 bits per heavy atom. The number of carbonyl (C=O) groups is 3. The number of fused-ring (bicyclic) bond motifs is 3. The zero-order valence-electron chi connectivity index (χ0n) is 25.3. The van der Waals surface area contributed by atoms with E-state index in [1.165, 1.54) is 0 Å². The Morgan fingerprint density at radius 3 is 2.18 bits per heavy atom. The molecule has 3 N–H and O–H groups in total. The number of piperidine rings is 1. The lowest BCUT2D eigenvalue weighted by Crippen LogP contribution is -2.44. The number of carbonyl (C=O) groups excluding carboxylic acids is 3. The lowest BCUT2D eigenvalue weighted by Gasteiger charge is -2.34. The van der Waals surface area contributed by atoms with E-state index in [0.29, 0.717) is 61.1 Å². The van der Waals surface area contributed by atoms with Gasteiger partial charge in [0.1, 0.15) is 11.5 Å². The average molecular weight is 596 g/mol. The predicted molar refractivity (Wildman–Crippen MR) is 161 cm³/mol. The van der Waals surface area contributed by atoms with Gasteiger partial charge in [0, 0.05) is 37.7 Å². The van der Waals surface area contributed by atoms with Crippen LogP contribution in [0.3, 0.4) is 0 Å². The summed E-state index contributed by atoms with van der Waals surface area (Å²) in [5, 5.41) is 27.2. The lowest BCUT2D eigenvalue weighted by molar-refractivity contribution is -0.131. The molecule has 44 heavy (non-hydrogen) atoms. The third-order valence-corrected chi connectivity index (χ3v) is 9.40. The van der Waals surface area contributed by atoms with Crippen LogP contribution in [0.15, 0.2) is 40.8 Å². The molecule has 2 fully saturated rings. The second-order valence-electron chi connectivity index (χ2n) is 11.8. The van der Waals surface area contributed by atoms with Gasteiger partial charge in [-0.25, -0.2) is 0 Å². The number of likely N-dealkylation sites (tertiary alicyclic amines) is 1. The Labute approximate surface area is 256 Å². The highest BCUT2D eigenvalue weighted by molar-refractivity contribution is 5.95. The van der Waals surface area contributed by atoms with Crippen molar-refractivity contribution in [3.8, 4) is 6.07 Å². The maximum absolute atomic E-state index is 13.2. The molecule has 1 unspecified atom stereocenters. The Hall–Kier alpha value is -4.56. The zero-order chi connectivity index (χ0) is 31.0. The fourth-order valence-electron chi connectivity index (χ4n) is 7.09. The molecule has 11 heteroatoms. The summed E-state index contributed by atoms with van der Waals surface area (Å²) >= 11 is 0. The molecule has 6 rings (SSSR count). The highest BCUT2D eigenvalue weighted by Crippen LogP contribution is 2.48. The number of rotatable bonds is 9. The van der Waals surface area contributed by atoms with Crippen molar-refractivity contribution in [3.05, 3.63) is 81.6 Å². The molecule has 3 atom stereocenters. The Bertz CT molecular complexity index is 1590. The molecule has 2 heterocycles. The third-order valence-electron chi connectivity index (χ3n) is 9.40. The molecule has 1 aliphatic heterocycles. The van der Waals surface area contributed by atoms with Crippen LogP contribution in [0, 0.1) is 17.2 Å². The van der Waals surface area contributed by atoms with Crippen LogP contribution in [0.25, 0.3) is 0 Å². The summed E-state index contributed by atoms with van der Waals surface area (Å²) < 4.78 is 6.33. The number of benzene rings is 2. The summed E-state index contributed by atoms with van der Waals surface area (Å²) in [6.07, 6.45) is 4.06. The fraction of sp³-hybridized carbons (Fsp3) is 0.455. The standard InChI is InChI=1S/C33H37N7O4/c1-4-28-38-39-32(44-28)33(11-12-37-18-29(41)40-24(17-34)15-23-16-27(23)40)25-9-7-21(30(42)35-2)13-19(25)5-6-20-14-22(31(43)36-3)8-10-26(20)33/h7-10,13-14,23-24,27,37H,4-6,11-12,15-16,18H2,1-3H3,(H,35,42)(H,36,43)/t23-,24?,27+/m1/s1. The topological polar surface area (TPSA) is 153 Å². The molecule has 1 aromatic heterocycles. The molecule has 0 radical (unpaired) electrons. The molecule has 0 bridgehead atoms. The van der Waals surface area contributed by atoms with E-state index in [2.05, 4.69) is 32.2 Å². The minimum Gasteiger partial charge on any atom is -0.424 e. The fourth-order valence-corrected chi connectivity index (χ4v) is 7.09. The van der Waals surface area contributed by atoms with Gasteiger partial charge >= 0.3 is 0 Å². The number of nitrogens with zero attached hydrogens (tertiary/aromatic N) is 4. The first-order valence-corrected chi connectivity index (χ1v) is 15.3. The van der Waals surface area contributed by atoms with E-state index in [9.17, 15) is 19.6 Å². The molecule has 1 saturated heterocycles. The van der Waals surface area contributed by atoms with Crippen molar-refractivity contribution < 1.29 is 18.8 Å². The van der Waals surface area contributed by atoms with Crippen LogP contribution in [-0.2, 0) is 29.5 Å². The van der Waals surface area contributed by atoms with Crippen molar-refractivity contribution in [1.29, 1.82) is 5.26 Å². The number of aromatic nitrogens is 2. The van der Waals surface area contributed by atoms with Crippen LogP contribution < -0.4 is 16.0 Å². The highest BCUT2D eigenvalue weighted by atomic mass is 16.4. The molecule has 2 aromatic carbocycles. The monoisotopic (exact) mass is 595 g/mol. The quantitative estimate of drug-likeness (QED) is 0.319. The first kappa shape index (κ1) is 29.5. The van der Waals surface area contributed by atoms with Gasteiger partial charge in [0.15, 0.2) is 0 Å². The highest BCUT2D eigenvalue weighted by Gasteiger charge is 2.54. The molecule has 2 aliphatic carbocycles. The van der Waals surface area contributed by atoms with Crippen LogP contribution in [0.1, 0.15) is 80.9 Å². The van der Waals surface area contributed by atoms with Gasteiger partial charge in [0.05, 0.1) is 12.6 Å². The maximum atomic E-state index is 13.2. The predicted octanol–water partition coefficient (Wildman–Crippen LogP) is 2.28. The zero-order valence-corrected chi connectivity index (χ0v) is 25.3. The van der Waals surface area contributed by atoms with E-state index < -0.39 is 5.41 Å². The van der Waals surface area contributed by atoms with Gasteiger partial charge in [0.25, 0.3) is 11.8 Å². The first-order valence-electron chi connectivity index (χ1n) is 15.3. The van der Waals surface area contributed by atoms with E-state index in [-0.39, 0.29) is 36.3 Å². The summed E-state index contributed by atoms with van der Waals surface area (Å²) in [7, 11) is 3.22. The Kier molecular flexibility index (Phi) is 7.95. The molecule has 3 aliphatic rings. The van der Waals surface area contributed by atoms with Crippen LogP contribution in [-0.4, -0.2) is 72.1 Å². The average Bonchev–Trinajstić information content (AvgIpc) is 3.49. The largest absolute Gasteiger partial charge is 0.424 e. The van der Waals surface area contributed by atoms with Gasteiger partial charge in [-0.2, -0.15) is 5.26 Å². The number of nitrogens with one attached hydrogen (secondary N) is 3. The molecule has 0 spiro atoms. The summed E-state index contributed by atoms with van der Waals surface area (Å²) in [4.78, 5) is 40.2. The molecule has 1 saturated carbocycles. The van der Waals surface area contributed by atoms with Crippen molar-refractivity contribution in [2.45, 2.75) is 62.9 Å². The van der Waals surface area contributed by atoms with Crippen LogP contribution >= 0.6 is 0 Å². The second kappa shape index (κ2) is 11.8. The van der Waals surface area contributed by atoms with Gasteiger partial charge < -0.3 is 25.3 Å². The number of hydrogen-bond acceptors (Lipinski definition) is 8. The van der Waals surface area contributed by atoms with Crippen molar-refractivity contribution in [2.75, 3.05) is 27.2 Å². The van der Waals surface area contributed by atoms with Gasteiger partial charge in [-0.05, 0) is 91.1 Å².